The Balaban J connectivity index is 1.87. The molecule has 5 nitrogen and oxygen atoms in total. The number of furan rings is 1. The minimum absolute atomic E-state index is 0.511. The maximum Gasteiger partial charge on any atom is 0.203 e. The standard InChI is InChI=1S/C27H24Cl2O5/c1-14(16-9-24(31-4)27(33-6)25(10-16)32-5)26-15(2)19-12-20(22(30-3)13-23(19)34-26)18-8-7-17(28)11-21(18)29/h7-13H,1H2,2-6H3. The lowest BCUT2D eigenvalue weighted by Crippen LogP contribution is -1.97. The van der Waals surface area contributed by atoms with Crippen LogP contribution in [0.5, 0.6) is 23.0 Å². The van der Waals surface area contributed by atoms with E-state index in [0.29, 0.717) is 50.0 Å². The van der Waals surface area contributed by atoms with Crippen LogP contribution in [0, 0.1) is 6.92 Å². The second kappa shape index (κ2) is 9.53. The van der Waals surface area contributed by atoms with Gasteiger partial charge in [-0.2, -0.15) is 0 Å². The summed E-state index contributed by atoms with van der Waals surface area (Å²) >= 11 is 12.6. The van der Waals surface area contributed by atoms with Gasteiger partial charge in [0.1, 0.15) is 17.1 Å². The van der Waals surface area contributed by atoms with Crippen molar-refractivity contribution in [2.45, 2.75) is 6.92 Å². The summed E-state index contributed by atoms with van der Waals surface area (Å²) in [6.45, 7) is 6.28. The summed E-state index contributed by atoms with van der Waals surface area (Å²) < 4.78 is 28.3. The molecule has 0 aliphatic heterocycles. The highest BCUT2D eigenvalue weighted by atomic mass is 35.5. The largest absolute Gasteiger partial charge is 0.496 e. The average molecular weight is 499 g/mol. The van der Waals surface area contributed by atoms with Crippen LogP contribution in [0.4, 0.5) is 0 Å². The third-order valence-electron chi connectivity index (χ3n) is 5.77. The average Bonchev–Trinajstić information content (AvgIpc) is 3.17. The molecule has 0 N–H and O–H groups in total. The molecule has 0 saturated heterocycles. The summed E-state index contributed by atoms with van der Waals surface area (Å²) in [5.41, 5.74) is 4.72. The van der Waals surface area contributed by atoms with E-state index in [1.807, 2.05) is 37.3 Å². The van der Waals surface area contributed by atoms with Crippen molar-refractivity contribution in [2.75, 3.05) is 28.4 Å². The lowest BCUT2D eigenvalue weighted by molar-refractivity contribution is 0.324. The number of hydrogen-bond donors (Lipinski definition) is 0. The van der Waals surface area contributed by atoms with E-state index >= 15 is 0 Å². The van der Waals surface area contributed by atoms with E-state index in [2.05, 4.69) is 6.58 Å². The van der Waals surface area contributed by atoms with Gasteiger partial charge in [-0.05, 0) is 42.8 Å². The summed E-state index contributed by atoms with van der Waals surface area (Å²) in [6.07, 6.45) is 0. The molecule has 0 bridgehead atoms. The Hall–Kier alpha value is -3.28. The molecule has 0 atom stereocenters. The predicted octanol–water partition coefficient (Wildman–Crippen LogP) is 7.81. The fraction of sp³-hybridized carbons (Fsp3) is 0.185. The van der Waals surface area contributed by atoms with Gasteiger partial charge in [0.05, 0.1) is 33.5 Å². The van der Waals surface area contributed by atoms with Crippen LogP contribution in [0.1, 0.15) is 16.9 Å². The van der Waals surface area contributed by atoms with Crippen LogP contribution in [-0.4, -0.2) is 28.4 Å². The molecule has 0 fully saturated rings. The molecule has 0 unspecified atom stereocenters. The van der Waals surface area contributed by atoms with Gasteiger partial charge in [0.25, 0.3) is 0 Å². The van der Waals surface area contributed by atoms with Crippen LogP contribution in [0.3, 0.4) is 0 Å². The summed E-state index contributed by atoms with van der Waals surface area (Å²) in [7, 11) is 6.33. The van der Waals surface area contributed by atoms with Gasteiger partial charge >= 0.3 is 0 Å². The Morgan fingerprint density at radius 1 is 0.794 bits per heavy atom. The molecular formula is C27H24Cl2O5. The number of methoxy groups -OCH3 is 4. The van der Waals surface area contributed by atoms with E-state index in [-0.39, 0.29) is 0 Å². The Kier molecular flexibility index (Phi) is 6.69. The summed E-state index contributed by atoms with van der Waals surface area (Å²) in [5.74, 6) is 2.86. The molecule has 0 saturated carbocycles. The van der Waals surface area contributed by atoms with Crippen molar-refractivity contribution in [1.82, 2.24) is 0 Å². The number of fused-ring (bicyclic) bond motifs is 1. The van der Waals surface area contributed by atoms with Crippen LogP contribution >= 0.6 is 23.2 Å². The molecule has 4 aromatic rings. The first-order valence-electron chi connectivity index (χ1n) is 10.4. The molecule has 0 spiro atoms. The van der Waals surface area contributed by atoms with E-state index in [0.717, 1.165) is 27.6 Å². The van der Waals surface area contributed by atoms with Gasteiger partial charge in [-0.25, -0.2) is 0 Å². The van der Waals surface area contributed by atoms with Gasteiger partial charge in [0, 0.05) is 38.7 Å². The topological polar surface area (TPSA) is 50.1 Å². The fourth-order valence-corrected chi connectivity index (χ4v) is 4.52. The van der Waals surface area contributed by atoms with Gasteiger partial charge in [-0.1, -0.05) is 35.8 Å². The van der Waals surface area contributed by atoms with Gasteiger partial charge in [0.15, 0.2) is 11.5 Å². The first kappa shape index (κ1) is 23.9. The maximum atomic E-state index is 6.49. The molecule has 3 aromatic carbocycles. The molecule has 7 heteroatoms. The Morgan fingerprint density at radius 3 is 2.00 bits per heavy atom. The van der Waals surface area contributed by atoms with Crippen LogP contribution in [0.15, 0.2) is 53.5 Å². The molecule has 34 heavy (non-hydrogen) atoms. The molecule has 0 aliphatic carbocycles. The van der Waals surface area contributed by atoms with Crippen molar-refractivity contribution in [1.29, 1.82) is 0 Å². The van der Waals surface area contributed by atoms with Crippen molar-refractivity contribution in [2.24, 2.45) is 0 Å². The molecule has 0 aliphatic rings. The summed E-state index contributed by atoms with van der Waals surface area (Å²) in [4.78, 5) is 0. The van der Waals surface area contributed by atoms with E-state index in [1.165, 1.54) is 0 Å². The lowest BCUT2D eigenvalue weighted by Gasteiger charge is -2.14. The summed E-state index contributed by atoms with van der Waals surface area (Å²) in [6, 6.07) is 12.9. The van der Waals surface area contributed by atoms with E-state index in [9.17, 15) is 0 Å². The molecule has 4 rings (SSSR count). The molecule has 1 aromatic heterocycles. The van der Waals surface area contributed by atoms with Crippen LogP contribution in [0.2, 0.25) is 10.0 Å². The zero-order valence-electron chi connectivity index (χ0n) is 19.5. The Labute approximate surface area is 208 Å². The fourth-order valence-electron chi connectivity index (χ4n) is 4.01. The van der Waals surface area contributed by atoms with E-state index in [4.69, 9.17) is 46.6 Å². The second-order valence-electron chi connectivity index (χ2n) is 7.62. The van der Waals surface area contributed by atoms with Crippen molar-refractivity contribution in [3.63, 3.8) is 0 Å². The highest BCUT2D eigenvalue weighted by Crippen LogP contribution is 2.44. The van der Waals surface area contributed by atoms with Gasteiger partial charge < -0.3 is 23.4 Å². The van der Waals surface area contributed by atoms with Crippen molar-refractivity contribution in [3.8, 4) is 34.1 Å². The first-order chi connectivity index (χ1) is 16.3. The molecule has 1 heterocycles. The maximum absolute atomic E-state index is 6.49. The van der Waals surface area contributed by atoms with Crippen molar-refractivity contribution in [3.05, 3.63) is 76.0 Å². The number of ether oxygens (including phenoxy) is 4. The van der Waals surface area contributed by atoms with Crippen LogP contribution in [-0.2, 0) is 0 Å². The third kappa shape index (κ3) is 4.06. The predicted molar refractivity (Wildman–Crippen MR) is 137 cm³/mol. The SMILES string of the molecule is C=C(c1cc(OC)c(OC)c(OC)c1)c1oc2cc(OC)c(-c3ccc(Cl)cc3Cl)cc2c1C. The minimum Gasteiger partial charge on any atom is -0.496 e. The zero-order valence-corrected chi connectivity index (χ0v) is 21.1. The zero-order chi connectivity index (χ0) is 24.6. The first-order valence-corrected chi connectivity index (χ1v) is 11.1. The Bertz CT molecular complexity index is 1380. The number of halogens is 2. The second-order valence-corrected chi connectivity index (χ2v) is 8.47. The quantitative estimate of drug-likeness (QED) is 0.260. The van der Waals surface area contributed by atoms with Crippen LogP contribution < -0.4 is 18.9 Å². The monoisotopic (exact) mass is 498 g/mol. The van der Waals surface area contributed by atoms with Gasteiger partial charge in [-0.15, -0.1) is 0 Å². The number of aryl methyl sites for hydroxylation is 1. The van der Waals surface area contributed by atoms with Gasteiger partial charge in [0.2, 0.25) is 5.75 Å². The smallest absolute Gasteiger partial charge is 0.203 e. The number of benzene rings is 3. The van der Waals surface area contributed by atoms with Crippen molar-refractivity contribution < 1.29 is 23.4 Å². The van der Waals surface area contributed by atoms with Crippen LogP contribution in [0.25, 0.3) is 27.7 Å². The van der Waals surface area contributed by atoms with Gasteiger partial charge in [-0.3, -0.25) is 0 Å². The lowest BCUT2D eigenvalue weighted by atomic mass is 9.98. The Morgan fingerprint density at radius 2 is 1.44 bits per heavy atom. The molecule has 0 radical (unpaired) electrons. The van der Waals surface area contributed by atoms with E-state index in [1.54, 1.807) is 40.6 Å². The molecule has 176 valence electrons. The number of rotatable bonds is 7. The van der Waals surface area contributed by atoms with E-state index < -0.39 is 0 Å². The third-order valence-corrected chi connectivity index (χ3v) is 6.31. The molecule has 0 amide bonds. The van der Waals surface area contributed by atoms with Crippen molar-refractivity contribution >= 4 is 39.7 Å². The summed E-state index contributed by atoms with van der Waals surface area (Å²) in [5, 5.41) is 2.02. The number of hydrogen-bond acceptors (Lipinski definition) is 5. The highest BCUT2D eigenvalue weighted by Gasteiger charge is 2.21. The minimum atomic E-state index is 0.511. The molecular weight excluding hydrogens is 475 g/mol. The normalized spacial score (nSPS) is 10.9. The highest BCUT2D eigenvalue weighted by molar-refractivity contribution is 6.36.